The zero-order chi connectivity index (χ0) is 24.6. The molecule has 1 unspecified atom stereocenters. The van der Waals surface area contributed by atoms with E-state index in [2.05, 4.69) is 27.9 Å². The first kappa shape index (κ1) is 26.1. The summed E-state index contributed by atoms with van der Waals surface area (Å²) in [5.41, 5.74) is 2.23. The van der Waals surface area contributed by atoms with Crippen LogP contribution in [0.4, 0.5) is 15.9 Å². The Bertz CT molecular complexity index is 949. The number of pyridine rings is 1. The highest BCUT2D eigenvalue weighted by molar-refractivity contribution is 6.33. The maximum atomic E-state index is 14.5. The Balaban J connectivity index is 1.37. The summed E-state index contributed by atoms with van der Waals surface area (Å²) in [6.07, 6.45) is 8.07. The summed E-state index contributed by atoms with van der Waals surface area (Å²) in [6, 6.07) is 8.36. The van der Waals surface area contributed by atoms with Crippen LogP contribution in [-0.2, 0) is 9.47 Å². The van der Waals surface area contributed by atoms with Gasteiger partial charge in [0.05, 0.1) is 17.3 Å². The van der Waals surface area contributed by atoms with Crippen molar-refractivity contribution in [3.63, 3.8) is 0 Å². The van der Waals surface area contributed by atoms with Gasteiger partial charge in [0.2, 0.25) is 0 Å². The summed E-state index contributed by atoms with van der Waals surface area (Å²) >= 11 is 6.52. The summed E-state index contributed by atoms with van der Waals surface area (Å²) in [5, 5.41) is 11.1. The number of anilines is 2. The normalized spacial score (nSPS) is 22.1. The number of ether oxygens (including phenoxy) is 2. The third kappa shape index (κ3) is 7.53. The molecule has 4 rings (SSSR count). The van der Waals surface area contributed by atoms with Crippen LogP contribution >= 0.6 is 11.6 Å². The number of hydrogen-bond donors (Lipinski definition) is 3. The van der Waals surface area contributed by atoms with E-state index in [0.717, 1.165) is 81.8 Å². The topological polar surface area (TPSA) is 67.4 Å². The van der Waals surface area contributed by atoms with Gasteiger partial charge in [-0.15, -0.1) is 0 Å². The van der Waals surface area contributed by atoms with E-state index >= 15 is 0 Å². The van der Waals surface area contributed by atoms with E-state index in [9.17, 15) is 4.39 Å². The molecule has 2 heterocycles. The van der Waals surface area contributed by atoms with Gasteiger partial charge in [-0.3, -0.25) is 0 Å². The van der Waals surface area contributed by atoms with Crippen LogP contribution in [0.15, 0.2) is 30.5 Å². The number of methoxy groups -OCH3 is 1. The quantitative estimate of drug-likeness (QED) is 0.384. The van der Waals surface area contributed by atoms with Gasteiger partial charge in [-0.25, -0.2) is 9.37 Å². The standard InChI is InChI=1S/C27H38ClFN4O2/c1-18(17-34-2)32-21-4-6-22(7-5-21)33-27-14-23(24(28)16-31-27)20-3-8-25(29)26(13-20)30-15-19-9-11-35-12-10-19/h3,8,13-14,16,18-19,21-22,30,32H,4-7,9-12,15,17H2,1-2H3,(H,31,33). The van der Waals surface area contributed by atoms with Crippen LogP contribution < -0.4 is 16.0 Å². The van der Waals surface area contributed by atoms with Crippen molar-refractivity contribution in [1.82, 2.24) is 10.3 Å². The predicted molar refractivity (Wildman–Crippen MR) is 141 cm³/mol. The van der Waals surface area contributed by atoms with Crippen molar-refractivity contribution >= 4 is 23.1 Å². The maximum Gasteiger partial charge on any atom is 0.146 e. The molecular weight excluding hydrogens is 467 g/mol. The monoisotopic (exact) mass is 504 g/mol. The fourth-order valence-corrected chi connectivity index (χ4v) is 5.30. The highest BCUT2D eigenvalue weighted by atomic mass is 35.5. The molecule has 0 bridgehead atoms. The number of benzene rings is 1. The molecule has 0 radical (unpaired) electrons. The summed E-state index contributed by atoms with van der Waals surface area (Å²) in [4.78, 5) is 4.51. The van der Waals surface area contributed by atoms with Gasteiger partial charge in [-0.05, 0) is 75.1 Å². The summed E-state index contributed by atoms with van der Waals surface area (Å²) in [7, 11) is 1.74. The van der Waals surface area contributed by atoms with Crippen LogP contribution in [0.25, 0.3) is 11.1 Å². The number of nitrogens with zero attached hydrogens (tertiary/aromatic N) is 1. The lowest BCUT2D eigenvalue weighted by Crippen LogP contribution is -2.42. The largest absolute Gasteiger partial charge is 0.383 e. The van der Waals surface area contributed by atoms with Crippen LogP contribution in [-0.4, -0.2) is 56.6 Å². The van der Waals surface area contributed by atoms with E-state index in [4.69, 9.17) is 21.1 Å². The van der Waals surface area contributed by atoms with Gasteiger partial charge in [0.1, 0.15) is 11.6 Å². The number of hydrogen-bond acceptors (Lipinski definition) is 6. The highest BCUT2D eigenvalue weighted by Crippen LogP contribution is 2.33. The zero-order valence-corrected chi connectivity index (χ0v) is 21.5. The zero-order valence-electron chi connectivity index (χ0n) is 20.8. The molecule has 1 aliphatic heterocycles. The Labute approximate surface area is 213 Å². The molecule has 35 heavy (non-hydrogen) atoms. The third-order valence-corrected chi connectivity index (χ3v) is 7.37. The first-order valence-electron chi connectivity index (χ1n) is 12.8. The average Bonchev–Trinajstić information content (AvgIpc) is 2.87. The van der Waals surface area contributed by atoms with Crippen LogP contribution in [0.3, 0.4) is 0 Å². The van der Waals surface area contributed by atoms with Gasteiger partial charge in [-0.1, -0.05) is 17.7 Å². The van der Waals surface area contributed by atoms with Crippen molar-refractivity contribution in [3.05, 3.63) is 41.3 Å². The predicted octanol–water partition coefficient (Wildman–Crippen LogP) is 5.73. The Hall–Kier alpha value is -1.93. The molecule has 0 spiro atoms. The lowest BCUT2D eigenvalue weighted by molar-refractivity contribution is 0.0699. The second kappa shape index (κ2) is 12.9. The number of aromatic nitrogens is 1. The Kier molecular flexibility index (Phi) is 9.60. The molecular formula is C27H38ClFN4O2. The average molecular weight is 505 g/mol. The summed E-state index contributed by atoms with van der Waals surface area (Å²) in [5.74, 6) is 1.05. The van der Waals surface area contributed by atoms with Crippen molar-refractivity contribution in [1.29, 1.82) is 0 Å². The van der Waals surface area contributed by atoms with E-state index in [1.807, 2.05) is 12.1 Å². The highest BCUT2D eigenvalue weighted by Gasteiger charge is 2.23. The van der Waals surface area contributed by atoms with Gasteiger partial charge in [0, 0.05) is 56.8 Å². The molecule has 2 fully saturated rings. The second-order valence-electron chi connectivity index (χ2n) is 9.90. The van der Waals surface area contributed by atoms with Crippen molar-refractivity contribution < 1.29 is 13.9 Å². The minimum atomic E-state index is -0.255. The fourth-order valence-electron chi connectivity index (χ4n) is 5.09. The van der Waals surface area contributed by atoms with E-state index < -0.39 is 0 Å². The lowest BCUT2D eigenvalue weighted by atomic mass is 9.90. The SMILES string of the molecule is COCC(C)NC1CCC(Nc2cc(-c3ccc(F)c(NCC4CCOCC4)c3)c(Cl)cn2)CC1. The molecule has 3 N–H and O–H groups in total. The molecule has 8 heteroatoms. The van der Waals surface area contributed by atoms with Crippen LogP contribution in [0, 0.1) is 11.7 Å². The molecule has 6 nitrogen and oxygen atoms in total. The second-order valence-corrected chi connectivity index (χ2v) is 10.3. The van der Waals surface area contributed by atoms with Crippen molar-refractivity contribution in [2.45, 2.75) is 63.6 Å². The van der Waals surface area contributed by atoms with E-state index in [-0.39, 0.29) is 5.82 Å². The number of nitrogens with one attached hydrogen (secondary N) is 3. The van der Waals surface area contributed by atoms with Gasteiger partial charge in [0.25, 0.3) is 0 Å². The summed E-state index contributed by atoms with van der Waals surface area (Å²) in [6.45, 7) is 5.19. The minimum absolute atomic E-state index is 0.255. The lowest BCUT2D eigenvalue weighted by Gasteiger charge is -2.32. The maximum absolute atomic E-state index is 14.5. The molecule has 1 saturated heterocycles. The first-order chi connectivity index (χ1) is 17.0. The van der Waals surface area contributed by atoms with Gasteiger partial charge < -0.3 is 25.4 Å². The van der Waals surface area contributed by atoms with Gasteiger partial charge in [0.15, 0.2) is 0 Å². The van der Waals surface area contributed by atoms with Crippen molar-refractivity contribution in [3.8, 4) is 11.1 Å². The van der Waals surface area contributed by atoms with E-state index in [0.29, 0.717) is 34.8 Å². The van der Waals surface area contributed by atoms with Crippen LogP contribution in [0.2, 0.25) is 5.02 Å². The summed E-state index contributed by atoms with van der Waals surface area (Å²) < 4.78 is 25.2. The van der Waals surface area contributed by atoms with Gasteiger partial charge in [-0.2, -0.15) is 0 Å². The van der Waals surface area contributed by atoms with E-state index in [1.165, 1.54) is 6.07 Å². The molecule has 1 aliphatic carbocycles. The first-order valence-corrected chi connectivity index (χ1v) is 13.2. The smallest absolute Gasteiger partial charge is 0.146 e. The van der Waals surface area contributed by atoms with Gasteiger partial charge >= 0.3 is 0 Å². The molecule has 1 atom stereocenters. The molecule has 2 aliphatic rings. The van der Waals surface area contributed by atoms with Crippen LogP contribution in [0.1, 0.15) is 45.4 Å². The molecule has 1 aromatic carbocycles. The van der Waals surface area contributed by atoms with Crippen molar-refractivity contribution in [2.24, 2.45) is 5.92 Å². The molecule has 192 valence electrons. The minimum Gasteiger partial charge on any atom is -0.383 e. The molecule has 2 aromatic rings. The number of halogens is 2. The molecule has 1 saturated carbocycles. The Morgan fingerprint density at radius 2 is 1.86 bits per heavy atom. The number of rotatable bonds is 10. The molecule has 0 amide bonds. The molecule has 1 aromatic heterocycles. The Morgan fingerprint density at radius 3 is 2.60 bits per heavy atom. The van der Waals surface area contributed by atoms with Crippen molar-refractivity contribution in [2.75, 3.05) is 44.1 Å². The van der Waals surface area contributed by atoms with Crippen LogP contribution in [0.5, 0.6) is 0 Å². The fraction of sp³-hybridized carbons (Fsp3) is 0.593. The Morgan fingerprint density at radius 1 is 1.11 bits per heavy atom. The third-order valence-electron chi connectivity index (χ3n) is 7.07. The van der Waals surface area contributed by atoms with E-state index in [1.54, 1.807) is 19.4 Å².